The van der Waals surface area contributed by atoms with Crippen molar-refractivity contribution in [1.29, 1.82) is 0 Å². The van der Waals surface area contributed by atoms with Crippen LogP contribution in [0.4, 0.5) is 11.5 Å². The zero-order valence-electron chi connectivity index (χ0n) is 12.0. The summed E-state index contributed by atoms with van der Waals surface area (Å²) in [6.45, 7) is 2.37. The smallest absolute Gasteiger partial charge is 0.334 e. The normalized spacial score (nSPS) is 10.6. The molecule has 0 amide bonds. The summed E-state index contributed by atoms with van der Waals surface area (Å²) in [7, 11) is 3.37. The van der Waals surface area contributed by atoms with Crippen molar-refractivity contribution < 1.29 is 14.8 Å². The lowest BCUT2D eigenvalue weighted by atomic mass is 10.2. The molecule has 0 aliphatic rings. The molecule has 112 valence electrons. The minimum atomic E-state index is -0.871. The number of carbonyl (C=O) groups is 1. The SMILES string of the molecule is CCCc1nn(C)c(N(C)CCCC(=O)O)c1[N+](=O)[O-]. The first-order chi connectivity index (χ1) is 9.38. The van der Waals surface area contributed by atoms with E-state index in [1.807, 2.05) is 6.92 Å². The van der Waals surface area contributed by atoms with Crippen molar-refractivity contribution in [1.82, 2.24) is 9.78 Å². The molecule has 0 bridgehead atoms. The minimum Gasteiger partial charge on any atom is -0.481 e. The van der Waals surface area contributed by atoms with Gasteiger partial charge in [-0.25, -0.2) is 4.68 Å². The van der Waals surface area contributed by atoms with Crippen molar-refractivity contribution in [2.75, 3.05) is 18.5 Å². The van der Waals surface area contributed by atoms with Crippen molar-refractivity contribution in [3.63, 3.8) is 0 Å². The maximum absolute atomic E-state index is 11.2. The average molecular weight is 284 g/mol. The van der Waals surface area contributed by atoms with Crippen LogP contribution in [0.1, 0.15) is 31.9 Å². The van der Waals surface area contributed by atoms with Crippen LogP contribution in [0.3, 0.4) is 0 Å². The summed E-state index contributed by atoms with van der Waals surface area (Å²) in [5.41, 5.74) is 0.493. The summed E-state index contributed by atoms with van der Waals surface area (Å²) in [5, 5.41) is 24.1. The summed E-state index contributed by atoms with van der Waals surface area (Å²) in [5.74, 6) is -0.451. The topological polar surface area (TPSA) is 102 Å². The first-order valence-corrected chi connectivity index (χ1v) is 6.51. The summed E-state index contributed by atoms with van der Waals surface area (Å²) in [6.07, 6.45) is 1.79. The summed E-state index contributed by atoms with van der Waals surface area (Å²) in [4.78, 5) is 23.0. The van der Waals surface area contributed by atoms with E-state index in [4.69, 9.17) is 5.11 Å². The van der Waals surface area contributed by atoms with E-state index in [2.05, 4.69) is 5.10 Å². The Hall–Kier alpha value is -2.12. The molecule has 0 aliphatic heterocycles. The predicted octanol–water partition coefficient (Wildman–Crippen LogP) is 1.58. The Morgan fingerprint density at radius 1 is 1.55 bits per heavy atom. The molecule has 0 unspecified atom stereocenters. The Kier molecular flexibility index (Phi) is 5.48. The number of aliphatic carboxylic acids is 1. The summed E-state index contributed by atoms with van der Waals surface area (Å²) >= 11 is 0. The first kappa shape index (κ1) is 15.9. The van der Waals surface area contributed by atoms with Crippen LogP contribution in [-0.2, 0) is 18.3 Å². The number of rotatable bonds is 8. The highest BCUT2D eigenvalue weighted by Crippen LogP contribution is 2.31. The second-order valence-electron chi connectivity index (χ2n) is 4.67. The second kappa shape index (κ2) is 6.88. The zero-order chi connectivity index (χ0) is 15.3. The Bertz CT molecular complexity index is 498. The number of hydrogen-bond acceptors (Lipinski definition) is 5. The van der Waals surface area contributed by atoms with E-state index in [-0.39, 0.29) is 12.1 Å². The number of nitro groups is 1. The molecule has 0 radical (unpaired) electrons. The molecular formula is C12H20N4O4. The van der Waals surface area contributed by atoms with Gasteiger partial charge in [0.05, 0.1) is 4.92 Å². The molecule has 0 spiro atoms. The second-order valence-corrected chi connectivity index (χ2v) is 4.67. The van der Waals surface area contributed by atoms with E-state index < -0.39 is 10.9 Å². The fourth-order valence-corrected chi connectivity index (χ4v) is 2.15. The van der Waals surface area contributed by atoms with Crippen LogP contribution in [0, 0.1) is 10.1 Å². The van der Waals surface area contributed by atoms with Gasteiger partial charge in [-0.15, -0.1) is 0 Å². The number of carboxylic acid groups (broad SMARTS) is 1. The lowest BCUT2D eigenvalue weighted by Gasteiger charge is -2.17. The molecule has 0 saturated heterocycles. The van der Waals surface area contributed by atoms with Gasteiger partial charge in [-0.2, -0.15) is 5.10 Å². The fourth-order valence-electron chi connectivity index (χ4n) is 2.15. The van der Waals surface area contributed by atoms with Crippen molar-refractivity contribution in [3.05, 3.63) is 15.8 Å². The number of anilines is 1. The quantitative estimate of drug-likeness (QED) is 0.574. The number of carboxylic acids is 1. The highest BCUT2D eigenvalue weighted by Gasteiger charge is 2.28. The molecule has 1 N–H and O–H groups in total. The van der Waals surface area contributed by atoms with Gasteiger partial charge in [-0.05, 0) is 12.8 Å². The molecule has 0 saturated carbocycles. The standard InChI is InChI=1S/C12H20N4O4/c1-4-6-9-11(16(19)20)12(15(3)13-9)14(2)8-5-7-10(17)18/h4-8H2,1-3H3,(H,17,18). The van der Waals surface area contributed by atoms with Gasteiger partial charge in [0.25, 0.3) is 0 Å². The Labute approximate surface area is 117 Å². The van der Waals surface area contributed by atoms with E-state index in [1.54, 1.807) is 19.0 Å². The van der Waals surface area contributed by atoms with Crippen molar-refractivity contribution >= 4 is 17.5 Å². The Morgan fingerprint density at radius 3 is 2.70 bits per heavy atom. The highest BCUT2D eigenvalue weighted by atomic mass is 16.6. The van der Waals surface area contributed by atoms with Crippen LogP contribution in [0.5, 0.6) is 0 Å². The van der Waals surface area contributed by atoms with E-state index in [1.165, 1.54) is 4.68 Å². The lowest BCUT2D eigenvalue weighted by molar-refractivity contribution is -0.384. The summed E-state index contributed by atoms with van der Waals surface area (Å²) < 4.78 is 1.49. The Balaban J connectivity index is 2.97. The fraction of sp³-hybridized carbons (Fsp3) is 0.667. The molecule has 0 fully saturated rings. The van der Waals surface area contributed by atoms with E-state index >= 15 is 0 Å². The van der Waals surface area contributed by atoms with Crippen molar-refractivity contribution in [2.24, 2.45) is 7.05 Å². The lowest BCUT2D eigenvalue weighted by Crippen LogP contribution is -2.22. The summed E-state index contributed by atoms with van der Waals surface area (Å²) in [6, 6.07) is 0. The molecule has 8 heteroatoms. The monoisotopic (exact) mass is 284 g/mol. The van der Waals surface area contributed by atoms with Crippen LogP contribution in [0.2, 0.25) is 0 Å². The maximum Gasteiger partial charge on any atom is 0.334 e. The van der Waals surface area contributed by atoms with E-state index in [0.29, 0.717) is 30.9 Å². The van der Waals surface area contributed by atoms with Crippen molar-refractivity contribution in [3.8, 4) is 0 Å². The molecule has 1 aromatic heterocycles. The molecule has 1 aromatic rings. The van der Waals surface area contributed by atoms with Crippen LogP contribution in [0.15, 0.2) is 0 Å². The van der Waals surface area contributed by atoms with Gasteiger partial charge in [0.1, 0.15) is 5.69 Å². The van der Waals surface area contributed by atoms with Gasteiger partial charge in [-0.1, -0.05) is 13.3 Å². The first-order valence-electron chi connectivity index (χ1n) is 6.51. The van der Waals surface area contributed by atoms with Gasteiger partial charge in [-0.3, -0.25) is 14.9 Å². The number of nitrogens with zero attached hydrogens (tertiary/aromatic N) is 4. The molecular weight excluding hydrogens is 264 g/mol. The van der Waals surface area contributed by atoms with E-state index in [9.17, 15) is 14.9 Å². The predicted molar refractivity (Wildman–Crippen MR) is 74.0 cm³/mol. The third kappa shape index (κ3) is 3.69. The van der Waals surface area contributed by atoms with Crippen LogP contribution < -0.4 is 4.90 Å². The highest BCUT2D eigenvalue weighted by molar-refractivity contribution is 5.67. The van der Waals surface area contributed by atoms with Gasteiger partial charge in [0, 0.05) is 27.1 Å². The minimum absolute atomic E-state index is 0.0205. The molecule has 1 rings (SSSR count). The molecule has 0 aliphatic carbocycles. The van der Waals surface area contributed by atoms with Gasteiger partial charge >= 0.3 is 11.7 Å². The molecule has 20 heavy (non-hydrogen) atoms. The van der Waals surface area contributed by atoms with Gasteiger partial charge in [0.2, 0.25) is 5.82 Å². The Morgan fingerprint density at radius 2 is 2.20 bits per heavy atom. The number of hydrogen-bond donors (Lipinski definition) is 1. The van der Waals surface area contributed by atoms with Crippen LogP contribution in [0.25, 0.3) is 0 Å². The number of aryl methyl sites for hydroxylation is 2. The molecule has 1 heterocycles. The van der Waals surface area contributed by atoms with E-state index in [0.717, 1.165) is 6.42 Å². The maximum atomic E-state index is 11.2. The zero-order valence-corrected chi connectivity index (χ0v) is 12.0. The molecule has 0 atom stereocenters. The van der Waals surface area contributed by atoms with Crippen LogP contribution in [-0.4, -0.2) is 39.4 Å². The van der Waals surface area contributed by atoms with Gasteiger partial charge < -0.3 is 10.0 Å². The van der Waals surface area contributed by atoms with Crippen molar-refractivity contribution in [2.45, 2.75) is 32.6 Å². The van der Waals surface area contributed by atoms with Crippen LogP contribution >= 0.6 is 0 Å². The van der Waals surface area contributed by atoms with Gasteiger partial charge in [0.15, 0.2) is 0 Å². The third-order valence-corrected chi connectivity index (χ3v) is 2.98. The molecule has 8 nitrogen and oxygen atoms in total. The molecule has 0 aromatic carbocycles. The average Bonchev–Trinajstić information content (AvgIpc) is 2.65. The third-order valence-electron chi connectivity index (χ3n) is 2.98. The largest absolute Gasteiger partial charge is 0.481 e. The number of aromatic nitrogens is 2.